The van der Waals surface area contributed by atoms with Crippen molar-refractivity contribution in [3.05, 3.63) is 56.7 Å². The Kier molecular flexibility index (Phi) is 5.72. The van der Waals surface area contributed by atoms with Gasteiger partial charge in [-0.15, -0.1) is 0 Å². The number of hydrogen-bond acceptors (Lipinski definition) is 4. The van der Waals surface area contributed by atoms with Gasteiger partial charge in [0, 0.05) is 51.9 Å². The average Bonchev–Trinajstić information content (AvgIpc) is 2.73. The highest BCUT2D eigenvalue weighted by Gasteiger charge is 2.29. The third kappa shape index (κ3) is 3.61. The van der Waals surface area contributed by atoms with Gasteiger partial charge in [0.1, 0.15) is 5.82 Å². The monoisotopic (exact) mass is 384 g/mol. The maximum absolute atomic E-state index is 13.0. The molecule has 7 nitrogen and oxygen atoms in total. The van der Waals surface area contributed by atoms with E-state index in [4.69, 9.17) is 0 Å². The number of benzene rings is 1. The highest BCUT2D eigenvalue weighted by Crippen LogP contribution is 2.26. The van der Waals surface area contributed by atoms with Crippen LogP contribution in [0.1, 0.15) is 25.3 Å². The molecule has 1 aromatic heterocycles. The van der Waals surface area contributed by atoms with Gasteiger partial charge in [-0.3, -0.25) is 18.7 Å². The number of nitrogens with zero attached hydrogens (tertiary/aromatic N) is 4. The molecule has 0 atom stereocenters. The van der Waals surface area contributed by atoms with Crippen molar-refractivity contribution < 1.29 is 4.79 Å². The van der Waals surface area contributed by atoms with Crippen molar-refractivity contribution in [2.24, 2.45) is 20.0 Å². The van der Waals surface area contributed by atoms with Gasteiger partial charge in [-0.05, 0) is 30.9 Å². The Morgan fingerprint density at radius 1 is 1.11 bits per heavy atom. The Morgan fingerprint density at radius 2 is 1.75 bits per heavy atom. The normalized spacial score (nSPS) is 14.9. The van der Waals surface area contributed by atoms with Crippen LogP contribution in [0, 0.1) is 5.92 Å². The zero-order valence-electron chi connectivity index (χ0n) is 17.0. The number of rotatable bonds is 4. The van der Waals surface area contributed by atoms with Crippen LogP contribution in [0.4, 0.5) is 11.5 Å². The molecular formula is C21H28N4O3. The van der Waals surface area contributed by atoms with E-state index in [2.05, 4.69) is 13.0 Å². The Hall–Kier alpha value is -2.83. The first kappa shape index (κ1) is 19.9. The lowest BCUT2D eigenvalue weighted by molar-refractivity contribution is -0.122. The summed E-state index contributed by atoms with van der Waals surface area (Å²) in [6, 6.07) is 9.48. The molecule has 0 N–H and O–H groups in total. The van der Waals surface area contributed by atoms with Gasteiger partial charge >= 0.3 is 5.69 Å². The minimum atomic E-state index is -0.336. The van der Waals surface area contributed by atoms with E-state index in [-0.39, 0.29) is 23.1 Å². The molecule has 1 amide bonds. The number of carbonyl (C=O) groups excluding carboxylic acids is 1. The van der Waals surface area contributed by atoms with Crippen LogP contribution in [0.3, 0.4) is 0 Å². The topological polar surface area (TPSA) is 67.6 Å². The maximum Gasteiger partial charge on any atom is 0.332 e. The molecule has 2 heterocycles. The van der Waals surface area contributed by atoms with Crippen molar-refractivity contribution in [1.82, 2.24) is 9.13 Å². The second kappa shape index (κ2) is 8.04. The molecule has 3 rings (SSSR count). The summed E-state index contributed by atoms with van der Waals surface area (Å²) >= 11 is 0. The Balaban J connectivity index is 1.73. The Labute approximate surface area is 164 Å². The molecule has 7 heteroatoms. The second-order valence-corrected chi connectivity index (χ2v) is 7.38. The first-order valence-electron chi connectivity index (χ1n) is 9.72. The molecule has 1 aliphatic heterocycles. The summed E-state index contributed by atoms with van der Waals surface area (Å²) in [5, 5.41) is 0. The molecule has 0 unspecified atom stereocenters. The van der Waals surface area contributed by atoms with Crippen LogP contribution in [0.5, 0.6) is 0 Å². The number of para-hydroxylation sites is 1. The lowest BCUT2D eigenvalue weighted by atomic mass is 9.94. The molecule has 1 aliphatic rings. The standard InChI is InChI=1S/C21H28N4O3/c1-5-15-8-6-7-9-17(15)22(2)20(27)16-10-12-25(13-11-16)18-14-19(26)24(4)21(28)23(18)3/h6-9,14,16H,5,10-13H2,1-4H3. The van der Waals surface area contributed by atoms with Crippen LogP contribution in [-0.4, -0.2) is 35.2 Å². The number of aryl methyl sites for hydroxylation is 1. The van der Waals surface area contributed by atoms with Crippen molar-refractivity contribution in [1.29, 1.82) is 0 Å². The van der Waals surface area contributed by atoms with E-state index in [1.165, 1.54) is 17.7 Å². The summed E-state index contributed by atoms with van der Waals surface area (Å²) in [6.45, 7) is 3.37. The molecule has 0 radical (unpaired) electrons. The number of piperidine rings is 1. The molecule has 1 aromatic carbocycles. The summed E-state index contributed by atoms with van der Waals surface area (Å²) in [5.74, 6) is 0.678. The van der Waals surface area contributed by atoms with Gasteiger partial charge in [0.05, 0.1) is 0 Å². The summed E-state index contributed by atoms with van der Waals surface area (Å²) in [6.07, 6.45) is 2.27. The number of aromatic nitrogens is 2. The van der Waals surface area contributed by atoms with Gasteiger partial charge in [-0.1, -0.05) is 25.1 Å². The quantitative estimate of drug-likeness (QED) is 0.802. The molecule has 0 bridgehead atoms. The van der Waals surface area contributed by atoms with Gasteiger partial charge in [0.25, 0.3) is 5.56 Å². The second-order valence-electron chi connectivity index (χ2n) is 7.38. The fourth-order valence-electron chi connectivity index (χ4n) is 3.91. The van der Waals surface area contributed by atoms with Crippen molar-refractivity contribution in [3.8, 4) is 0 Å². The van der Waals surface area contributed by atoms with Gasteiger partial charge < -0.3 is 9.80 Å². The molecule has 2 aromatic rings. The van der Waals surface area contributed by atoms with Crippen LogP contribution in [0.2, 0.25) is 0 Å². The summed E-state index contributed by atoms with van der Waals surface area (Å²) in [5.41, 5.74) is 1.47. The molecule has 28 heavy (non-hydrogen) atoms. The van der Waals surface area contributed by atoms with E-state index in [0.29, 0.717) is 31.7 Å². The molecule has 1 saturated heterocycles. The number of amides is 1. The van der Waals surface area contributed by atoms with Crippen molar-refractivity contribution in [2.45, 2.75) is 26.2 Å². The molecule has 0 saturated carbocycles. The molecule has 0 spiro atoms. The van der Waals surface area contributed by atoms with E-state index in [9.17, 15) is 14.4 Å². The summed E-state index contributed by atoms with van der Waals surface area (Å²) in [4.78, 5) is 41.0. The first-order valence-corrected chi connectivity index (χ1v) is 9.72. The van der Waals surface area contributed by atoms with Gasteiger partial charge in [-0.2, -0.15) is 0 Å². The Morgan fingerprint density at radius 3 is 2.39 bits per heavy atom. The van der Waals surface area contributed by atoms with Crippen LogP contribution in [0.25, 0.3) is 0 Å². The SMILES string of the molecule is CCc1ccccc1N(C)C(=O)C1CCN(c2cc(=O)n(C)c(=O)n2C)CC1. The van der Waals surface area contributed by atoms with E-state index < -0.39 is 0 Å². The average molecular weight is 384 g/mol. The van der Waals surface area contributed by atoms with Crippen LogP contribution in [-0.2, 0) is 25.3 Å². The zero-order chi connectivity index (χ0) is 20.4. The third-order valence-corrected chi connectivity index (χ3v) is 5.73. The molecule has 1 fully saturated rings. The minimum Gasteiger partial charge on any atom is -0.358 e. The van der Waals surface area contributed by atoms with E-state index in [1.807, 2.05) is 30.1 Å². The summed E-state index contributed by atoms with van der Waals surface area (Å²) < 4.78 is 2.59. The first-order chi connectivity index (χ1) is 13.3. The van der Waals surface area contributed by atoms with Gasteiger partial charge in [-0.25, -0.2) is 4.79 Å². The van der Waals surface area contributed by atoms with Crippen LogP contribution in [0.15, 0.2) is 39.9 Å². The number of hydrogen-bond donors (Lipinski definition) is 0. The molecule has 150 valence electrons. The maximum atomic E-state index is 13.0. The van der Waals surface area contributed by atoms with Crippen molar-refractivity contribution in [2.75, 3.05) is 29.9 Å². The molecular weight excluding hydrogens is 356 g/mol. The lowest BCUT2D eigenvalue weighted by Crippen LogP contribution is -2.45. The largest absolute Gasteiger partial charge is 0.358 e. The number of anilines is 2. The smallest absolute Gasteiger partial charge is 0.332 e. The highest BCUT2D eigenvalue weighted by molar-refractivity contribution is 5.95. The van der Waals surface area contributed by atoms with Crippen molar-refractivity contribution in [3.63, 3.8) is 0 Å². The zero-order valence-corrected chi connectivity index (χ0v) is 17.0. The molecule has 0 aliphatic carbocycles. The lowest BCUT2D eigenvalue weighted by Gasteiger charge is -2.35. The number of carbonyl (C=O) groups is 1. The fourth-order valence-corrected chi connectivity index (χ4v) is 3.91. The third-order valence-electron chi connectivity index (χ3n) is 5.73. The predicted octanol–water partition coefficient (Wildman–Crippen LogP) is 1.53. The predicted molar refractivity (Wildman–Crippen MR) is 111 cm³/mol. The fraction of sp³-hybridized carbons (Fsp3) is 0.476. The van der Waals surface area contributed by atoms with E-state index in [0.717, 1.165) is 22.2 Å². The minimum absolute atomic E-state index is 0.0604. The van der Waals surface area contributed by atoms with Gasteiger partial charge in [0.15, 0.2) is 0 Å². The van der Waals surface area contributed by atoms with Gasteiger partial charge in [0.2, 0.25) is 5.91 Å². The Bertz CT molecular complexity index is 984. The van der Waals surface area contributed by atoms with E-state index in [1.54, 1.807) is 11.9 Å². The summed E-state index contributed by atoms with van der Waals surface area (Å²) in [7, 11) is 4.99. The van der Waals surface area contributed by atoms with Crippen LogP contribution < -0.4 is 21.0 Å². The van der Waals surface area contributed by atoms with Crippen molar-refractivity contribution >= 4 is 17.4 Å². The van der Waals surface area contributed by atoms with E-state index >= 15 is 0 Å². The highest BCUT2D eigenvalue weighted by atomic mass is 16.2. The van der Waals surface area contributed by atoms with Crippen LogP contribution >= 0.6 is 0 Å².